The summed E-state index contributed by atoms with van der Waals surface area (Å²) in [5, 5.41) is 13.1. The van der Waals surface area contributed by atoms with Gasteiger partial charge in [0.05, 0.1) is 15.6 Å². The molecule has 2 aromatic rings. The molecular formula is C16H12BrClN2O6. The molecule has 1 aromatic heterocycles. The van der Waals surface area contributed by atoms with Gasteiger partial charge in [0.15, 0.2) is 10.8 Å². The number of hydrogen-bond acceptors (Lipinski definition) is 6. The zero-order valence-corrected chi connectivity index (χ0v) is 15.6. The number of ether oxygens (including phenoxy) is 1. The van der Waals surface area contributed by atoms with Crippen LogP contribution in [-0.4, -0.2) is 22.9 Å². The number of rotatable bonds is 6. The average molecular weight is 444 g/mol. The summed E-state index contributed by atoms with van der Waals surface area (Å²) < 4.78 is 10.7. The number of furan rings is 1. The minimum Gasteiger partial charge on any atom is -0.450 e. The fraction of sp³-hybridized carbons (Fsp3) is 0.125. The third-order valence-corrected chi connectivity index (χ3v) is 3.80. The van der Waals surface area contributed by atoms with Crippen LogP contribution in [0.3, 0.4) is 0 Å². The molecule has 0 spiro atoms. The number of esters is 1. The summed E-state index contributed by atoms with van der Waals surface area (Å²) in [4.78, 5) is 33.9. The van der Waals surface area contributed by atoms with Crippen molar-refractivity contribution in [2.75, 3.05) is 5.32 Å². The van der Waals surface area contributed by atoms with E-state index in [9.17, 15) is 19.7 Å². The number of benzene rings is 1. The third kappa shape index (κ3) is 5.43. The minimum atomic E-state index is -1.11. The largest absolute Gasteiger partial charge is 0.450 e. The molecule has 0 aliphatic carbocycles. The molecule has 0 fully saturated rings. The summed E-state index contributed by atoms with van der Waals surface area (Å²) in [6.07, 6.45) is 1.40. The zero-order valence-electron chi connectivity index (χ0n) is 13.3. The fourth-order valence-electron chi connectivity index (χ4n) is 1.79. The van der Waals surface area contributed by atoms with Crippen LogP contribution in [-0.2, 0) is 14.3 Å². The first-order valence-corrected chi connectivity index (χ1v) is 8.32. The maximum Gasteiger partial charge on any atom is 0.331 e. The Balaban J connectivity index is 1.93. The number of non-ortho nitro benzene ring substituents is 1. The average Bonchev–Trinajstić information content (AvgIpc) is 3.00. The van der Waals surface area contributed by atoms with Gasteiger partial charge < -0.3 is 14.5 Å². The van der Waals surface area contributed by atoms with Crippen LogP contribution >= 0.6 is 27.5 Å². The summed E-state index contributed by atoms with van der Waals surface area (Å²) >= 11 is 9.03. The van der Waals surface area contributed by atoms with Gasteiger partial charge in [0, 0.05) is 18.2 Å². The highest BCUT2D eigenvalue weighted by Gasteiger charge is 2.19. The van der Waals surface area contributed by atoms with Gasteiger partial charge in [-0.3, -0.25) is 14.9 Å². The molecule has 1 amide bonds. The quantitative estimate of drug-likeness (QED) is 0.310. The highest BCUT2D eigenvalue weighted by atomic mass is 79.9. The Labute approximate surface area is 161 Å². The smallest absolute Gasteiger partial charge is 0.331 e. The highest BCUT2D eigenvalue weighted by Crippen LogP contribution is 2.26. The lowest BCUT2D eigenvalue weighted by Crippen LogP contribution is -2.29. The van der Waals surface area contributed by atoms with Crippen molar-refractivity contribution in [1.82, 2.24) is 0 Å². The van der Waals surface area contributed by atoms with Crippen molar-refractivity contribution in [1.29, 1.82) is 0 Å². The van der Waals surface area contributed by atoms with E-state index in [0.717, 1.165) is 12.1 Å². The molecule has 0 bridgehead atoms. The zero-order chi connectivity index (χ0) is 19.3. The van der Waals surface area contributed by atoms with Crippen molar-refractivity contribution in [2.24, 2.45) is 0 Å². The topological polar surface area (TPSA) is 112 Å². The molecule has 1 unspecified atom stereocenters. The molecule has 1 heterocycles. The molecule has 0 aliphatic heterocycles. The van der Waals surface area contributed by atoms with Crippen molar-refractivity contribution < 1.29 is 23.7 Å². The fourth-order valence-corrected chi connectivity index (χ4v) is 2.33. The lowest BCUT2D eigenvalue weighted by molar-refractivity contribution is -0.384. The highest BCUT2D eigenvalue weighted by molar-refractivity contribution is 9.10. The number of amides is 1. The van der Waals surface area contributed by atoms with E-state index in [2.05, 4.69) is 21.2 Å². The monoisotopic (exact) mass is 442 g/mol. The Morgan fingerprint density at radius 2 is 2.12 bits per heavy atom. The molecule has 1 N–H and O–H groups in total. The SMILES string of the molecule is CC(OC(=O)/C=C/c1ccc(Br)o1)C(=O)Nc1ccc([N+](=O)[O-])cc1Cl. The van der Waals surface area contributed by atoms with Gasteiger partial charge in [-0.25, -0.2) is 4.79 Å². The maximum absolute atomic E-state index is 12.1. The van der Waals surface area contributed by atoms with E-state index in [1.54, 1.807) is 12.1 Å². The van der Waals surface area contributed by atoms with Gasteiger partial charge >= 0.3 is 5.97 Å². The summed E-state index contributed by atoms with van der Waals surface area (Å²) in [5.74, 6) is -0.943. The maximum atomic E-state index is 12.1. The number of nitrogens with one attached hydrogen (secondary N) is 1. The summed E-state index contributed by atoms with van der Waals surface area (Å²) in [7, 11) is 0. The van der Waals surface area contributed by atoms with Gasteiger partial charge in [0.1, 0.15) is 5.76 Å². The van der Waals surface area contributed by atoms with Crippen molar-refractivity contribution in [3.8, 4) is 0 Å². The van der Waals surface area contributed by atoms with Crippen LogP contribution in [0.4, 0.5) is 11.4 Å². The molecule has 136 valence electrons. The third-order valence-electron chi connectivity index (χ3n) is 3.06. The van der Waals surface area contributed by atoms with E-state index in [0.29, 0.717) is 10.4 Å². The first-order valence-electron chi connectivity index (χ1n) is 7.15. The van der Waals surface area contributed by atoms with Gasteiger partial charge in [0.25, 0.3) is 11.6 Å². The van der Waals surface area contributed by atoms with Gasteiger partial charge in [-0.15, -0.1) is 0 Å². The second kappa shape index (κ2) is 8.63. The van der Waals surface area contributed by atoms with Crippen LogP contribution in [0.15, 0.2) is 45.5 Å². The van der Waals surface area contributed by atoms with E-state index in [-0.39, 0.29) is 16.4 Å². The lowest BCUT2D eigenvalue weighted by Gasteiger charge is -2.13. The van der Waals surface area contributed by atoms with Crippen LogP contribution in [0.2, 0.25) is 5.02 Å². The molecule has 1 aromatic carbocycles. The molecule has 0 radical (unpaired) electrons. The van der Waals surface area contributed by atoms with Gasteiger partial charge in [-0.2, -0.15) is 0 Å². The molecule has 8 nitrogen and oxygen atoms in total. The van der Waals surface area contributed by atoms with E-state index in [1.165, 1.54) is 25.1 Å². The lowest BCUT2D eigenvalue weighted by atomic mass is 10.2. The molecule has 0 saturated heterocycles. The van der Waals surface area contributed by atoms with E-state index in [4.69, 9.17) is 20.8 Å². The molecule has 0 saturated carbocycles. The van der Waals surface area contributed by atoms with Crippen molar-refractivity contribution in [2.45, 2.75) is 13.0 Å². The van der Waals surface area contributed by atoms with Crippen LogP contribution in [0.1, 0.15) is 12.7 Å². The Morgan fingerprint density at radius 3 is 2.69 bits per heavy atom. The number of nitrogens with zero attached hydrogens (tertiary/aromatic N) is 1. The molecule has 10 heteroatoms. The second-order valence-corrected chi connectivity index (χ2v) is 6.15. The number of nitro groups is 1. The number of nitro benzene ring substituents is 1. The minimum absolute atomic E-state index is 0.00521. The number of halogens is 2. The van der Waals surface area contributed by atoms with E-state index >= 15 is 0 Å². The molecule has 26 heavy (non-hydrogen) atoms. The van der Waals surface area contributed by atoms with Crippen molar-refractivity contribution in [3.05, 3.63) is 62.0 Å². The number of carbonyl (C=O) groups excluding carboxylic acids is 2. The second-order valence-electron chi connectivity index (χ2n) is 4.96. The first kappa shape index (κ1) is 19.7. The number of carbonyl (C=O) groups is 2. The first-order chi connectivity index (χ1) is 12.3. The van der Waals surface area contributed by atoms with Crippen LogP contribution in [0.25, 0.3) is 6.08 Å². The molecule has 2 rings (SSSR count). The van der Waals surface area contributed by atoms with Crippen LogP contribution in [0, 0.1) is 10.1 Å². The van der Waals surface area contributed by atoms with E-state index in [1.807, 2.05) is 0 Å². The van der Waals surface area contributed by atoms with Gasteiger partial charge in [-0.1, -0.05) is 11.6 Å². The van der Waals surface area contributed by atoms with Crippen molar-refractivity contribution >= 4 is 56.9 Å². The van der Waals surface area contributed by atoms with Crippen molar-refractivity contribution in [3.63, 3.8) is 0 Å². The summed E-state index contributed by atoms with van der Waals surface area (Å²) in [5.41, 5.74) is -0.0386. The standard InChI is InChI=1S/C16H12BrClN2O6/c1-9(25-15(21)7-4-11-3-6-14(17)26-11)16(22)19-13-5-2-10(20(23)24)8-12(13)18/h2-9H,1H3,(H,19,22)/b7-4+. The Kier molecular flexibility index (Phi) is 6.53. The normalized spacial score (nSPS) is 12.0. The predicted molar refractivity (Wildman–Crippen MR) is 97.7 cm³/mol. The Bertz CT molecular complexity index is 879. The van der Waals surface area contributed by atoms with Crippen LogP contribution in [0.5, 0.6) is 0 Å². The Hall–Kier alpha value is -2.65. The molecular weight excluding hydrogens is 432 g/mol. The summed E-state index contributed by atoms with van der Waals surface area (Å²) in [6, 6.07) is 6.90. The van der Waals surface area contributed by atoms with Gasteiger partial charge in [0.2, 0.25) is 0 Å². The van der Waals surface area contributed by atoms with Gasteiger partial charge in [-0.05, 0) is 47.1 Å². The van der Waals surface area contributed by atoms with Crippen LogP contribution < -0.4 is 5.32 Å². The Morgan fingerprint density at radius 1 is 1.38 bits per heavy atom. The molecule has 0 aliphatic rings. The summed E-state index contributed by atoms with van der Waals surface area (Å²) in [6.45, 7) is 1.38. The van der Waals surface area contributed by atoms with E-state index < -0.39 is 22.9 Å². The predicted octanol–water partition coefficient (Wildman–Crippen LogP) is 4.19. The molecule has 1 atom stereocenters. The number of anilines is 1. The number of hydrogen-bond donors (Lipinski definition) is 1.